The van der Waals surface area contributed by atoms with Crippen molar-refractivity contribution in [2.75, 3.05) is 13.2 Å². The number of nitrogens with zero attached hydrogens (tertiary/aromatic N) is 1. The van der Waals surface area contributed by atoms with Gasteiger partial charge in [0.05, 0.1) is 6.61 Å². The van der Waals surface area contributed by atoms with E-state index in [4.69, 9.17) is 21.1 Å². The quantitative estimate of drug-likeness (QED) is 0.445. The summed E-state index contributed by atoms with van der Waals surface area (Å²) in [6.07, 6.45) is 5.87. The number of hydrogen-bond acceptors (Lipinski definition) is 3. The second-order valence-electron chi connectivity index (χ2n) is 6.80. The lowest BCUT2D eigenvalue weighted by Gasteiger charge is -2.11. The van der Waals surface area contributed by atoms with E-state index in [1.54, 1.807) is 6.07 Å². The zero-order valence-electron chi connectivity index (χ0n) is 15.9. The van der Waals surface area contributed by atoms with Crippen molar-refractivity contribution in [3.05, 3.63) is 64.2 Å². The molecule has 0 saturated carbocycles. The van der Waals surface area contributed by atoms with E-state index >= 15 is 0 Å². The second-order valence-corrected chi connectivity index (χ2v) is 7.21. The minimum absolute atomic E-state index is 0.0379. The molecule has 1 atom stereocenters. The lowest BCUT2D eigenvalue weighted by Crippen LogP contribution is -2.07. The van der Waals surface area contributed by atoms with Crippen molar-refractivity contribution in [2.45, 2.75) is 45.1 Å². The van der Waals surface area contributed by atoms with Crippen molar-refractivity contribution in [2.24, 2.45) is 4.99 Å². The van der Waals surface area contributed by atoms with Crippen molar-refractivity contribution < 1.29 is 18.3 Å². The maximum atomic E-state index is 13.9. The normalized spacial score (nSPS) is 16.0. The maximum Gasteiger partial charge on any atom is 0.222 e. The van der Waals surface area contributed by atoms with Crippen LogP contribution in [0.4, 0.5) is 8.78 Å². The van der Waals surface area contributed by atoms with Crippen molar-refractivity contribution in [3.8, 4) is 5.75 Å². The van der Waals surface area contributed by atoms with Crippen LogP contribution in [0.25, 0.3) is 0 Å². The van der Waals surface area contributed by atoms with Gasteiger partial charge < -0.3 is 9.47 Å². The summed E-state index contributed by atoms with van der Waals surface area (Å²) in [7, 11) is 0. The molecule has 0 amide bonds. The van der Waals surface area contributed by atoms with Crippen LogP contribution in [0.15, 0.2) is 41.4 Å². The van der Waals surface area contributed by atoms with Crippen LogP contribution in [0.1, 0.15) is 56.2 Å². The zero-order chi connectivity index (χ0) is 19.9. The third-order valence-corrected chi connectivity index (χ3v) is 5.00. The fraction of sp³-hybridized carbons (Fsp3) is 0.409. The Morgan fingerprint density at radius 1 is 1.11 bits per heavy atom. The van der Waals surface area contributed by atoms with Gasteiger partial charge >= 0.3 is 0 Å². The molecule has 1 heterocycles. The van der Waals surface area contributed by atoms with Crippen LogP contribution in [0.5, 0.6) is 5.75 Å². The first-order valence-electron chi connectivity index (χ1n) is 9.67. The van der Waals surface area contributed by atoms with Crippen molar-refractivity contribution in [1.29, 1.82) is 0 Å². The van der Waals surface area contributed by atoms with E-state index in [1.165, 1.54) is 37.5 Å². The van der Waals surface area contributed by atoms with Gasteiger partial charge in [-0.15, -0.1) is 0 Å². The lowest BCUT2D eigenvalue weighted by molar-refractivity contribution is 0.303. The van der Waals surface area contributed by atoms with E-state index in [2.05, 4.69) is 11.9 Å². The van der Waals surface area contributed by atoms with Gasteiger partial charge in [-0.1, -0.05) is 56.3 Å². The highest BCUT2D eigenvalue weighted by molar-refractivity contribution is 6.31. The third-order valence-electron chi connectivity index (χ3n) is 4.68. The summed E-state index contributed by atoms with van der Waals surface area (Å²) in [4.78, 5) is 4.33. The predicted octanol–water partition coefficient (Wildman–Crippen LogP) is 6.49. The Morgan fingerprint density at radius 2 is 1.86 bits per heavy atom. The first kappa shape index (κ1) is 20.6. The maximum absolute atomic E-state index is 13.9. The molecule has 0 fully saturated rings. The van der Waals surface area contributed by atoms with Gasteiger partial charge in [0, 0.05) is 5.02 Å². The van der Waals surface area contributed by atoms with Crippen molar-refractivity contribution in [1.82, 2.24) is 0 Å². The van der Waals surface area contributed by atoms with Gasteiger partial charge in [-0.2, -0.15) is 0 Å². The summed E-state index contributed by atoms with van der Waals surface area (Å²) in [6.45, 7) is 3.02. The molecule has 1 unspecified atom stereocenters. The van der Waals surface area contributed by atoms with Crippen LogP contribution in [0.2, 0.25) is 5.02 Å². The Kier molecular flexibility index (Phi) is 7.26. The van der Waals surface area contributed by atoms with Crippen LogP contribution in [0.3, 0.4) is 0 Å². The zero-order valence-corrected chi connectivity index (χ0v) is 16.6. The van der Waals surface area contributed by atoms with E-state index in [0.29, 0.717) is 17.4 Å². The first-order valence-corrected chi connectivity index (χ1v) is 10.0. The second kappa shape index (κ2) is 9.87. The highest BCUT2D eigenvalue weighted by Gasteiger charge is 2.27. The minimum Gasteiger partial charge on any atom is -0.494 e. The molecule has 0 aromatic heterocycles. The lowest BCUT2D eigenvalue weighted by atomic mass is 10.1. The molecular formula is C22H24ClF2NO2. The molecule has 6 heteroatoms. The molecule has 0 bridgehead atoms. The van der Waals surface area contributed by atoms with Gasteiger partial charge in [0.2, 0.25) is 5.90 Å². The molecular weight excluding hydrogens is 384 g/mol. The summed E-state index contributed by atoms with van der Waals surface area (Å²) in [5, 5.41) is 0.496. The number of ether oxygens (including phenoxy) is 2. The summed E-state index contributed by atoms with van der Waals surface area (Å²) in [5.74, 6) is -0.738. The topological polar surface area (TPSA) is 30.8 Å². The van der Waals surface area contributed by atoms with E-state index in [9.17, 15) is 8.78 Å². The molecule has 2 aromatic carbocycles. The standard InChI is InChI=1S/C22H24ClF2NO2/c1-2-3-4-5-6-12-27-15-10-11-16(17(23)13-15)20-14-28-22(26-20)21-18(24)8-7-9-19(21)25/h7-11,13,20H,2-6,12,14H2,1H3. The van der Waals surface area contributed by atoms with E-state index in [0.717, 1.165) is 18.4 Å². The average Bonchev–Trinajstić information content (AvgIpc) is 3.14. The largest absolute Gasteiger partial charge is 0.494 e. The number of benzene rings is 2. The molecule has 2 aromatic rings. The molecule has 1 aliphatic heterocycles. The molecule has 0 radical (unpaired) electrons. The number of hydrogen-bond donors (Lipinski definition) is 0. The fourth-order valence-electron chi connectivity index (χ4n) is 3.14. The van der Waals surface area contributed by atoms with Crippen LogP contribution >= 0.6 is 11.6 Å². The minimum atomic E-state index is -0.701. The van der Waals surface area contributed by atoms with E-state index in [1.807, 2.05) is 12.1 Å². The van der Waals surface area contributed by atoms with Crippen molar-refractivity contribution >= 4 is 17.5 Å². The Bertz CT molecular complexity index is 821. The van der Waals surface area contributed by atoms with Crippen LogP contribution < -0.4 is 4.74 Å². The van der Waals surface area contributed by atoms with Crippen LogP contribution in [0, 0.1) is 11.6 Å². The Labute approximate surface area is 169 Å². The Hall–Kier alpha value is -2.14. The number of rotatable bonds is 9. The van der Waals surface area contributed by atoms with Gasteiger partial charge in [-0.05, 0) is 36.2 Å². The van der Waals surface area contributed by atoms with Crippen molar-refractivity contribution in [3.63, 3.8) is 0 Å². The van der Waals surface area contributed by atoms with Crippen LogP contribution in [-0.2, 0) is 4.74 Å². The monoisotopic (exact) mass is 407 g/mol. The summed E-state index contributed by atoms with van der Waals surface area (Å²) < 4.78 is 39.1. The van der Waals surface area contributed by atoms with Gasteiger partial charge in [0.1, 0.15) is 35.6 Å². The molecule has 0 spiro atoms. The highest BCUT2D eigenvalue weighted by atomic mass is 35.5. The molecule has 3 rings (SSSR count). The SMILES string of the molecule is CCCCCCCOc1ccc(C2COC(c3c(F)cccc3F)=N2)c(Cl)c1. The van der Waals surface area contributed by atoms with E-state index < -0.39 is 17.7 Å². The molecule has 28 heavy (non-hydrogen) atoms. The molecule has 1 aliphatic rings. The number of aliphatic imine (C=N–C) groups is 1. The molecule has 0 aliphatic carbocycles. The molecule has 150 valence electrons. The first-order chi connectivity index (χ1) is 13.6. The summed E-state index contributed by atoms with van der Waals surface area (Å²) >= 11 is 6.39. The van der Waals surface area contributed by atoms with E-state index in [-0.39, 0.29) is 18.1 Å². The number of unbranched alkanes of at least 4 members (excludes halogenated alkanes) is 4. The highest BCUT2D eigenvalue weighted by Crippen LogP contribution is 2.33. The smallest absolute Gasteiger partial charge is 0.222 e. The average molecular weight is 408 g/mol. The fourth-order valence-corrected chi connectivity index (χ4v) is 3.43. The van der Waals surface area contributed by atoms with Crippen LogP contribution in [-0.4, -0.2) is 19.1 Å². The van der Waals surface area contributed by atoms with Gasteiger partial charge in [0.25, 0.3) is 0 Å². The molecule has 3 nitrogen and oxygen atoms in total. The predicted molar refractivity (Wildman–Crippen MR) is 107 cm³/mol. The van der Waals surface area contributed by atoms with Gasteiger partial charge in [0.15, 0.2) is 0 Å². The Balaban J connectivity index is 1.64. The molecule has 0 saturated heterocycles. The van der Waals surface area contributed by atoms with Gasteiger partial charge in [-0.25, -0.2) is 13.8 Å². The Morgan fingerprint density at radius 3 is 2.57 bits per heavy atom. The molecule has 0 N–H and O–H groups in total. The number of halogens is 3. The summed E-state index contributed by atoms with van der Waals surface area (Å²) in [6, 6.07) is 8.67. The van der Waals surface area contributed by atoms with Gasteiger partial charge in [-0.3, -0.25) is 0 Å². The third kappa shape index (κ3) is 5.02. The summed E-state index contributed by atoms with van der Waals surface area (Å²) in [5.41, 5.74) is 0.493.